The number of nitrogens with two attached hydrogens (primary N) is 1. The van der Waals surface area contributed by atoms with Crippen molar-refractivity contribution < 1.29 is 96.1 Å². The lowest BCUT2D eigenvalue weighted by atomic mass is 9.85. The lowest BCUT2D eigenvalue weighted by Gasteiger charge is -2.48. The number of amides is 6. The largest absolute Gasteiger partial charge is 0.506 e. The number of nitrogens with zero attached hydrogens (tertiary/aromatic N) is 8. The smallest absolute Gasteiger partial charge is 0.414 e. The van der Waals surface area contributed by atoms with E-state index in [-0.39, 0.29) is 110 Å². The van der Waals surface area contributed by atoms with Crippen LogP contribution >= 0.6 is 65.3 Å². The van der Waals surface area contributed by atoms with Crippen molar-refractivity contribution in [1.82, 2.24) is 66.1 Å². The van der Waals surface area contributed by atoms with Crippen molar-refractivity contribution in [1.29, 1.82) is 0 Å². The highest BCUT2D eigenvalue weighted by molar-refractivity contribution is 7.40. The quantitative estimate of drug-likeness (QED) is 0.0358. The number of primary amides is 1. The van der Waals surface area contributed by atoms with Crippen molar-refractivity contribution in [2.75, 3.05) is 34.9 Å². The number of nitrogens with one attached hydrogen (secondary N) is 5. The summed E-state index contributed by atoms with van der Waals surface area (Å²) >= 11 is 4.42. The van der Waals surface area contributed by atoms with E-state index in [2.05, 4.69) is 48.1 Å². The highest BCUT2D eigenvalue weighted by Gasteiger charge is 2.50. The summed E-state index contributed by atoms with van der Waals surface area (Å²) in [5.41, 5.74) is 1.98. The number of thiazole rings is 5. The molecule has 4 aliphatic rings. The second kappa shape index (κ2) is 29.6. The Kier molecular flexibility index (Phi) is 21.1. The summed E-state index contributed by atoms with van der Waals surface area (Å²) in [7, 11) is 3.17. The maximum Gasteiger partial charge on any atom is 0.414 e. The van der Waals surface area contributed by atoms with Gasteiger partial charge in [-0.1, -0.05) is 18.7 Å². The van der Waals surface area contributed by atoms with E-state index >= 15 is 19.2 Å². The predicted molar refractivity (Wildman–Crippen MR) is 366 cm³/mol. The average Bonchev–Trinajstić information content (AvgIpc) is 1.68. The first-order valence-electron chi connectivity index (χ1n) is 30.6. The first kappa shape index (κ1) is 72.6. The first-order valence-corrected chi connectivity index (χ1v) is 36.2. The lowest BCUT2D eigenvalue weighted by Crippen LogP contribution is -2.62. The van der Waals surface area contributed by atoms with E-state index in [1.54, 1.807) is 45.0 Å². The van der Waals surface area contributed by atoms with E-state index in [0.29, 0.717) is 0 Å². The average molecular weight is 1520 g/mol. The molecule has 102 heavy (non-hydrogen) atoms. The van der Waals surface area contributed by atoms with Gasteiger partial charge in [-0.2, -0.15) is 4.73 Å². The fraction of sp³-hybridized carbons (Fsp3) is 0.355. The van der Waals surface area contributed by atoms with Crippen LogP contribution in [-0.4, -0.2) is 190 Å². The second-order valence-corrected chi connectivity index (χ2v) is 29.2. The SMILES string of the molecule is C=C(NC(=O)c1csc(-c2nc3c(cc2O)-c2nc(cs2)C(=O)NC(C(C)O)C(=O)N/C(=C(\C)OC)c2nc(cs2)C(=O)NC2c4nc(cs4)C(=O)NC(COC(=O)c4c5c6c(cccc6n4OP(O)OC)COC(=O)C(OC4CC(C)(O)C(N(C)C)C(C)O4)C2OC5)c2nc-3cs2)n1)C(N)=O. The molecule has 12 bridgehead atoms. The van der Waals surface area contributed by atoms with Crippen molar-refractivity contribution >= 4 is 129 Å². The Morgan fingerprint density at radius 3 is 2.24 bits per heavy atom. The van der Waals surface area contributed by atoms with E-state index in [9.17, 15) is 39.4 Å². The Hall–Kier alpha value is -9.19. The Bertz CT molecular complexity index is 4710. The molecule has 0 saturated carbocycles. The second-order valence-electron chi connectivity index (χ2n) is 23.8. The van der Waals surface area contributed by atoms with Crippen LogP contribution in [-0.2, 0) is 60.5 Å². The number of likely N-dealkylation sites (N-methyl/N-ethyl adjacent to an activating group) is 1. The fourth-order valence-electron chi connectivity index (χ4n) is 11.9. The molecule has 11 N–H and O–H groups in total. The third-order valence-electron chi connectivity index (χ3n) is 16.6. The number of cyclic esters (lactones) is 2. The number of carbonyl (C=O) groups excluding carboxylic acids is 8. The van der Waals surface area contributed by atoms with Crippen LogP contribution in [0.4, 0.5) is 0 Å². The van der Waals surface area contributed by atoms with Gasteiger partial charge in [0.2, 0.25) is 5.91 Å². The molecule has 1 fully saturated rings. The van der Waals surface area contributed by atoms with E-state index in [0.717, 1.165) is 68.5 Å². The molecular weight excluding hydrogens is 1450 g/mol. The number of aromatic nitrogens is 7. The molecule has 11 atom stereocenters. The van der Waals surface area contributed by atoms with E-state index in [4.69, 9.17) is 58.3 Å². The van der Waals surface area contributed by atoms with E-state index in [1.165, 1.54) is 60.0 Å². The molecule has 34 nitrogen and oxygen atoms in total. The summed E-state index contributed by atoms with van der Waals surface area (Å²) in [4.78, 5) is 156. The Morgan fingerprint density at radius 1 is 0.863 bits per heavy atom. The zero-order valence-electron chi connectivity index (χ0n) is 54.9. The van der Waals surface area contributed by atoms with Gasteiger partial charge >= 0.3 is 20.5 Å². The number of hydrogen-bond acceptors (Lipinski definition) is 32. The van der Waals surface area contributed by atoms with Gasteiger partial charge in [-0.25, -0.2) is 39.5 Å². The predicted octanol–water partition coefficient (Wildman–Crippen LogP) is 3.95. The summed E-state index contributed by atoms with van der Waals surface area (Å²) in [6, 6.07) is 0.584. The number of allylic oxidation sites excluding steroid dienone is 1. The summed E-state index contributed by atoms with van der Waals surface area (Å²) in [6.07, 6.45) is -7.70. The van der Waals surface area contributed by atoms with Crippen LogP contribution in [0.2, 0.25) is 0 Å². The van der Waals surface area contributed by atoms with Crippen molar-refractivity contribution in [2.24, 2.45) is 5.73 Å². The number of fused-ring (bicyclic) bond motifs is 15. The molecule has 0 radical (unpaired) electrons. The molecule has 40 heteroatoms. The molecule has 6 amide bonds. The molecular formula is C62H63N14O20PS5. The molecule has 0 aliphatic carbocycles. The number of carbonyl (C=O) groups is 8. The number of aliphatic hydroxyl groups excluding tert-OH is 1. The highest BCUT2D eigenvalue weighted by Crippen LogP contribution is 2.44. The maximum absolute atomic E-state index is 15.5. The molecule has 1 saturated heterocycles. The normalized spacial score (nSPS) is 23.8. The molecule has 11 heterocycles. The van der Waals surface area contributed by atoms with Gasteiger partial charge < -0.3 is 95.0 Å². The molecule has 11 unspecified atom stereocenters. The number of esters is 2. The van der Waals surface area contributed by atoms with Gasteiger partial charge in [0.1, 0.15) is 120 Å². The van der Waals surface area contributed by atoms with Crippen LogP contribution in [0.25, 0.3) is 49.3 Å². The summed E-state index contributed by atoms with van der Waals surface area (Å²) < 4.78 is 50.2. The first-order chi connectivity index (χ1) is 48.6. The number of rotatable bonds is 12. The highest BCUT2D eigenvalue weighted by atomic mass is 32.1. The van der Waals surface area contributed by atoms with Crippen molar-refractivity contribution in [3.63, 3.8) is 0 Å². The van der Waals surface area contributed by atoms with Crippen LogP contribution < -0.4 is 36.9 Å². The van der Waals surface area contributed by atoms with Gasteiger partial charge in [-0.3, -0.25) is 28.8 Å². The summed E-state index contributed by atoms with van der Waals surface area (Å²) in [6.45, 7) is 7.58. The Morgan fingerprint density at radius 2 is 1.53 bits per heavy atom. The fourth-order valence-corrected chi connectivity index (χ4v) is 16.5. The zero-order chi connectivity index (χ0) is 72.9. The third-order valence-corrected chi connectivity index (χ3v) is 21.7. The van der Waals surface area contributed by atoms with Crippen LogP contribution in [0.15, 0.2) is 69.2 Å². The van der Waals surface area contributed by atoms with Gasteiger partial charge in [-0.05, 0) is 59.5 Å². The number of methoxy groups -OCH3 is 1. The molecule has 7 aromatic heterocycles. The topological polar surface area (TPSA) is 463 Å². The summed E-state index contributed by atoms with van der Waals surface area (Å²) in [5, 5.41) is 55.3. The molecule has 1 aromatic carbocycles. The number of pyridine rings is 1. The Labute approximate surface area is 598 Å². The van der Waals surface area contributed by atoms with Crippen LogP contribution in [0.5, 0.6) is 5.75 Å². The van der Waals surface area contributed by atoms with Gasteiger partial charge in [-0.15, -0.1) is 56.7 Å². The van der Waals surface area contributed by atoms with Crippen LogP contribution in [0, 0.1) is 0 Å². The van der Waals surface area contributed by atoms with Crippen molar-refractivity contribution in [2.45, 2.75) is 108 Å². The molecule has 536 valence electrons. The van der Waals surface area contributed by atoms with Gasteiger partial charge in [0.25, 0.3) is 29.5 Å². The molecule has 8 aromatic rings. The Balaban J connectivity index is 1.06. The molecule has 4 aliphatic heterocycles. The lowest BCUT2D eigenvalue weighted by molar-refractivity contribution is -0.280. The van der Waals surface area contributed by atoms with Crippen molar-refractivity contribution in [3.8, 4) is 38.4 Å². The third kappa shape index (κ3) is 14.6. The van der Waals surface area contributed by atoms with Gasteiger partial charge in [0, 0.05) is 56.9 Å². The van der Waals surface area contributed by atoms with E-state index < -0.39 is 153 Å². The van der Waals surface area contributed by atoms with E-state index in [1.807, 2.05) is 0 Å². The number of benzene rings is 1. The molecule has 12 rings (SSSR count). The minimum atomic E-state index is -2.81. The molecule has 0 spiro atoms. The number of ether oxygens (including phenoxy) is 6. The van der Waals surface area contributed by atoms with Crippen molar-refractivity contribution in [3.05, 3.63) is 124 Å². The maximum atomic E-state index is 15.5. The number of hydrogen-bond donors (Lipinski definition) is 10. The minimum Gasteiger partial charge on any atom is -0.506 e. The van der Waals surface area contributed by atoms with Gasteiger partial charge in [0.05, 0.1) is 48.8 Å². The number of aliphatic hydroxyl groups is 2. The summed E-state index contributed by atoms with van der Waals surface area (Å²) in [5.74, 6) is -8.38. The number of aromatic hydroxyl groups is 1. The van der Waals surface area contributed by atoms with Gasteiger partial charge in [0.15, 0.2) is 18.1 Å². The zero-order valence-corrected chi connectivity index (χ0v) is 59.9. The minimum absolute atomic E-state index is 0.0110. The van der Waals surface area contributed by atoms with Crippen LogP contribution in [0.1, 0.15) is 125 Å². The monoisotopic (exact) mass is 1510 g/mol. The standard InChI is InChI=1S/C62H63N14O20PS5/c1-23(49(63)79)64-50(80)32-20-101-58(69-32)43-37(78)13-28-42(71-43)31-18-99-56(66-31)30-17-93-60(85)45-29-16-91-46(47(95-38-14-62(5,87)48(75(6)7)26(4)94-38)61(86)92-15-27-11-10-12-36(39(27)29)76(45)96-97(88)90-9)44(59-70-33(21-102-59)51(81)65-30)74-53(83)35-22-100-57(68-35)41(25(3)89-8)73-54(84)40(24(2)77)72-52(82)34-19-98-55(28)67-34/h10-13,18-22,24,26,30,38,40,44,46-48,77-78,87-88H,1,14-17H2,2-9H3,(H2,63,79)(H,64,80)(H,65,81)(H,72,82)(H,73,84)(H,74,83)/b41-25+. The van der Waals surface area contributed by atoms with Crippen LogP contribution in [0.3, 0.4) is 0 Å².